The molecule has 0 spiro atoms. The summed E-state index contributed by atoms with van der Waals surface area (Å²) in [6, 6.07) is 13.3. The lowest BCUT2D eigenvalue weighted by Gasteiger charge is -2.20. The van der Waals surface area contributed by atoms with Gasteiger partial charge in [0.1, 0.15) is 0 Å². The van der Waals surface area contributed by atoms with Crippen molar-refractivity contribution in [1.29, 1.82) is 0 Å². The van der Waals surface area contributed by atoms with E-state index in [1.807, 2.05) is 30.3 Å². The first kappa shape index (κ1) is 23.6. The molecule has 0 aliphatic heterocycles. The van der Waals surface area contributed by atoms with Crippen LogP contribution in [-0.2, 0) is 6.42 Å². The van der Waals surface area contributed by atoms with E-state index in [0.29, 0.717) is 47.5 Å². The summed E-state index contributed by atoms with van der Waals surface area (Å²) < 4.78 is 21.8. The lowest BCUT2D eigenvalue weighted by atomic mass is 10.0. The van der Waals surface area contributed by atoms with Crippen LogP contribution < -0.4 is 19.5 Å². The number of benzene rings is 2. The van der Waals surface area contributed by atoms with Crippen molar-refractivity contribution < 1.29 is 23.8 Å². The van der Waals surface area contributed by atoms with Crippen LogP contribution in [-0.4, -0.2) is 49.2 Å². The van der Waals surface area contributed by atoms with Crippen LogP contribution >= 0.6 is 0 Å². The summed E-state index contributed by atoms with van der Waals surface area (Å²) in [4.78, 5) is 4.60. The number of rotatable bonds is 11. The third-order valence-corrected chi connectivity index (χ3v) is 5.18. The summed E-state index contributed by atoms with van der Waals surface area (Å²) >= 11 is 0. The molecular weight excluding hydrogens is 410 g/mol. The minimum absolute atomic E-state index is 0.173. The van der Waals surface area contributed by atoms with Gasteiger partial charge in [-0.25, -0.2) is 0 Å². The number of hydrogen-bond donors (Lipinski definition) is 2. The van der Waals surface area contributed by atoms with E-state index in [0.717, 1.165) is 5.56 Å². The largest absolute Gasteiger partial charge is 0.493 e. The van der Waals surface area contributed by atoms with Crippen LogP contribution in [0.15, 0.2) is 47.0 Å². The molecule has 1 heterocycles. The van der Waals surface area contributed by atoms with E-state index >= 15 is 0 Å². The zero-order chi connectivity index (χ0) is 23.1. The summed E-state index contributed by atoms with van der Waals surface area (Å²) in [5, 5.41) is 18.0. The average Bonchev–Trinajstić information content (AvgIpc) is 3.28. The molecular formula is C24H31N3O5. The van der Waals surface area contributed by atoms with Crippen molar-refractivity contribution in [3.05, 3.63) is 53.9 Å². The summed E-state index contributed by atoms with van der Waals surface area (Å²) in [5.74, 6) is 2.56. The van der Waals surface area contributed by atoms with Gasteiger partial charge in [0.25, 0.3) is 0 Å². The van der Waals surface area contributed by atoms with Gasteiger partial charge in [-0.05, 0) is 30.0 Å². The molecule has 0 bridgehead atoms. The highest BCUT2D eigenvalue weighted by molar-refractivity contribution is 5.66. The lowest BCUT2D eigenvalue weighted by molar-refractivity contribution is 0.158. The van der Waals surface area contributed by atoms with E-state index in [2.05, 4.69) is 29.3 Å². The molecule has 8 heteroatoms. The zero-order valence-corrected chi connectivity index (χ0v) is 19.2. The van der Waals surface area contributed by atoms with Gasteiger partial charge in [-0.2, -0.15) is 4.98 Å². The third kappa shape index (κ3) is 5.57. The number of nitrogens with zero attached hydrogens (tertiary/aromatic N) is 2. The van der Waals surface area contributed by atoms with E-state index in [4.69, 9.17) is 18.7 Å². The molecule has 32 heavy (non-hydrogen) atoms. The Labute approximate surface area is 188 Å². The Morgan fingerprint density at radius 2 is 1.66 bits per heavy atom. The van der Waals surface area contributed by atoms with Crippen molar-refractivity contribution in [2.75, 3.05) is 27.9 Å². The van der Waals surface area contributed by atoms with Crippen LogP contribution in [0.1, 0.15) is 31.3 Å². The van der Waals surface area contributed by atoms with Gasteiger partial charge in [0, 0.05) is 12.1 Å². The van der Waals surface area contributed by atoms with Gasteiger partial charge in [0.2, 0.25) is 17.5 Å². The molecule has 172 valence electrons. The highest BCUT2D eigenvalue weighted by Gasteiger charge is 2.24. The third-order valence-electron chi connectivity index (χ3n) is 5.18. The van der Waals surface area contributed by atoms with Gasteiger partial charge in [-0.3, -0.25) is 0 Å². The van der Waals surface area contributed by atoms with E-state index in [-0.39, 0.29) is 12.0 Å². The fourth-order valence-electron chi connectivity index (χ4n) is 3.52. The maximum absolute atomic E-state index is 10.5. The number of ether oxygens (including phenoxy) is 3. The quantitative estimate of drug-likeness (QED) is 0.465. The molecule has 8 nitrogen and oxygen atoms in total. The molecule has 0 fully saturated rings. The minimum Gasteiger partial charge on any atom is -0.493 e. The van der Waals surface area contributed by atoms with Gasteiger partial charge in [0.05, 0.1) is 33.5 Å². The van der Waals surface area contributed by atoms with Gasteiger partial charge in [0.15, 0.2) is 11.5 Å². The molecule has 0 aliphatic rings. The zero-order valence-electron chi connectivity index (χ0n) is 19.2. The van der Waals surface area contributed by atoms with Crippen LogP contribution in [0.25, 0.3) is 11.4 Å². The fraction of sp³-hybridized carbons (Fsp3) is 0.417. The second-order valence-electron chi connectivity index (χ2n) is 7.84. The molecule has 2 aromatic carbocycles. The monoisotopic (exact) mass is 441 g/mol. The topological polar surface area (TPSA) is 98.9 Å². The Bertz CT molecular complexity index is 965. The maximum atomic E-state index is 10.5. The summed E-state index contributed by atoms with van der Waals surface area (Å²) in [6.07, 6.45) is 0.0373. The molecule has 0 saturated carbocycles. The standard InChI is InChI=1S/C24H31N3O5/c1-15(2)21(25-14-18(28)11-16-9-7-6-8-10-16)24-26-23(27-32-24)17-12-19(29-3)22(31-5)20(13-17)30-4/h6-10,12-13,15,18,21,25,28H,11,14H2,1-5H3/t18-,21+/m0/s1. The number of methoxy groups -OCH3 is 3. The summed E-state index contributed by atoms with van der Waals surface area (Å²) in [6.45, 7) is 4.52. The first-order valence-corrected chi connectivity index (χ1v) is 10.6. The molecule has 0 aliphatic carbocycles. The van der Waals surface area contributed by atoms with Crippen molar-refractivity contribution in [2.24, 2.45) is 5.92 Å². The van der Waals surface area contributed by atoms with Gasteiger partial charge >= 0.3 is 0 Å². The Morgan fingerprint density at radius 1 is 1.00 bits per heavy atom. The van der Waals surface area contributed by atoms with E-state index in [1.54, 1.807) is 33.5 Å². The Kier molecular flexibility index (Phi) is 8.08. The molecule has 0 unspecified atom stereocenters. The van der Waals surface area contributed by atoms with Crippen molar-refractivity contribution in [2.45, 2.75) is 32.4 Å². The number of aliphatic hydroxyl groups excluding tert-OH is 1. The van der Waals surface area contributed by atoms with Crippen LogP contribution in [0.3, 0.4) is 0 Å². The lowest BCUT2D eigenvalue weighted by Crippen LogP contribution is -2.34. The number of nitrogens with one attached hydrogen (secondary N) is 1. The minimum atomic E-state index is -0.531. The van der Waals surface area contributed by atoms with Gasteiger partial charge in [-0.1, -0.05) is 49.3 Å². The molecule has 0 amide bonds. The number of hydrogen-bond acceptors (Lipinski definition) is 8. The summed E-state index contributed by atoms with van der Waals surface area (Å²) in [5.41, 5.74) is 1.77. The van der Waals surface area contributed by atoms with Crippen LogP contribution in [0.2, 0.25) is 0 Å². The smallest absolute Gasteiger partial charge is 0.244 e. The van der Waals surface area contributed by atoms with Crippen molar-refractivity contribution in [1.82, 2.24) is 15.5 Å². The molecule has 0 saturated heterocycles. The SMILES string of the molecule is COc1cc(-c2noc([C@H](NC[C@@H](O)Cc3ccccc3)C(C)C)n2)cc(OC)c1OC. The fourth-order valence-corrected chi connectivity index (χ4v) is 3.52. The Hall–Kier alpha value is -3.10. The normalized spacial score (nSPS) is 13.1. The Balaban J connectivity index is 1.75. The average molecular weight is 442 g/mol. The predicted octanol–water partition coefficient (Wildman–Crippen LogP) is 3.65. The van der Waals surface area contributed by atoms with Gasteiger partial charge < -0.3 is 29.2 Å². The second-order valence-corrected chi connectivity index (χ2v) is 7.84. The molecule has 3 aromatic rings. The number of aromatic nitrogens is 2. The maximum Gasteiger partial charge on any atom is 0.244 e. The molecule has 0 radical (unpaired) electrons. The first-order chi connectivity index (χ1) is 15.5. The van der Waals surface area contributed by atoms with Crippen molar-refractivity contribution in [3.63, 3.8) is 0 Å². The second kappa shape index (κ2) is 11.0. The van der Waals surface area contributed by atoms with Crippen LogP contribution in [0.4, 0.5) is 0 Å². The van der Waals surface area contributed by atoms with E-state index in [1.165, 1.54) is 0 Å². The van der Waals surface area contributed by atoms with Crippen molar-refractivity contribution in [3.8, 4) is 28.6 Å². The highest BCUT2D eigenvalue weighted by Crippen LogP contribution is 2.40. The molecule has 1 aromatic heterocycles. The van der Waals surface area contributed by atoms with E-state index < -0.39 is 6.10 Å². The van der Waals surface area contributed by atoms with E-state index in [9.17, 15) is 5.11 Å². The molecule has 3 rings (SSSR count). The Morgan fingerprint density at radius 3 is 2.22 bits per heavy atom. The number of aliphatic hydroxyl groups is 1. The summed E-state index contributed by atoms with van der Waals surface area (Å²) in [7, 11) is 4.67. The van der Waals surface area contributed by atoms with Crippen LogP contribution in [0.5, 0.6) is 17.2 Å². The van der Waals surface area contributed by atoms with Crippen molar-refractivity contribution >= 4 is 0 Å². The van der Waals surface area contributed by atoms with Crippen LogP contribution in [0, 0.1) is 5.92 Å². The first-order valence-electron chi connectivity index (χ1n) is 10.6. The highest BCUT2D eigenvalue weighted by atomic mass is 16.5. The van der Waals surface area contributed by atoms with Gasteiger partial charge in [-0.15, -0.1) is 0 Å². The predicted molar refractivity (Wildman–Crippen MR) is 121 cm³/mol. The molecule has 2 atom stereocenters. The molecule has 2 N–H and O–H groups in total.